The Morgan fingerprint density at radius 3 is 2.32 bits per heavy atom. The van der Waals surface area contributed by atoms with Crippen LogP contribution >= 0.6 is 0 Å². The van der Waals surface area contributed by atoms with Crippen LogP contribution in [-0.4, -0.2) is 37.5 Å². The van der Waals surface area contributed by atoms with Crippen LogP contribution in [0.2, 0.25) is 0 Å². The molecule has 1 heterocycles. The van der Waals surface area contributed by atoms with E-state index in [0.717, 1.165) is 22.3 Å². The van der Waals surface area contributed by atoms with Crippen LogP contribution < -0.4 is 9.46 Å². The van der Waals surface area contributed by atoms with Crippen molar-refractivity contribution in [1.29, 1.82) is 0 Å². The maximum Gasteiger partial charge on any atom is 0.263 e. The predicted octanol–water partition coefficient (Wildman–Crippen LogP) is 4.97. The molecule has 3 aromatic carbocycles. The van der Waals surface area contributed by atoms with E-state index in [1.165, 1.54) is 32.2 Å². The van der Waals surface area contributed by atoms with E-state index < -0.39 is 39.1 Å². The van der Waals surface area contributed by atoms with E-state index in [4.69, 9.17) is 4.74 Å². The number of fused-ring (bicyclic) bond motifs is 1. The van der Waals surface area contributed by atoms with Gasteiger partial charge in [-0.3, -0.25) is 24.2 Å². The molecular formula is C26H24FN3O6S. The minimum Gasteiger partial charge on any atom is -0.497 e. The number of carbonyl (C=O) groups is 1. The summed E-state index contributed by atoms with van der Waals surface area (Å²) < 4.78 is 50.0. The molecule has 0 saturated carbocycles. The molecule has 0 spiro atoms. The number of sulfonamides is 1. The van der Waals surface area contributed by atoms with E-state index in [0.29, 0.717) is 11.3 Å². The smallest absolute Gasteiger partial charge is 0.263 e. The van der Waals surface area contributed by atoms with Crippen molar-refractivity contribution in [2.24, 2.45) is 0 Å². The van der Waals surface area contributed by atoms with Gasteiger partial charge in [0, 0.05) is 22.8 Å². The highest BCUT2D eigenvalue weighted by Crippen LogP contribution is 2.41. The maximum absolute atomic E-state index is 14.4. The van der Waals surface area contributed by atoms with E-state index in [9.17, 15) is 27.7 Å². The Labute approximate surface area is 212 Å². The quantitative estimate of drug-likeness (QED) is 0.256. The average molecular weight is 526 g/mol. The number of halogens is 1. The van der Waals surface area contributed by atoms with Crippen LogP contribution in [0, 0.1) is 22.9 Å². The molecule has 0 aliphatic rings. The number of aryl methyl sites for hydroxylation is 1. The Kier molecular flexibility index (Phi) is 6.99. The largest absolute Gasteiger partial charge is 0.497 e. The summed E-state index contributed by atoms with van der Waals surface area (Å²) in [5.41, 5.74) is 1.63. The summed E-state index contributed by atoms with van der Waals surface area (Å²) in [6.07, 6.45) is 0. The van der Waals surface area contributed by atoms with Gasteiger partial charge in [0.15, 0.2) is 0 Å². The Hall–Kier alpha value is -4.25. The third-order valence-electron chi connectivity index (χ3n) is 6.04. The number of hydrogen-bond donors (Lipinski definition) is 1. The van der Waals surface area contributed by atoms with Crippen molar-refractivity contribution in [3.8, 4) is 5.75 Å². The lowest BCUT2D eigenvalue weighted by Gasteiger charge is -2.18. The first-order chi connectivity index (χ1) is 17.5. The fourth-order valence-corrected chi connectivity index (χ4v) is 5.39. The van der Waals surface area contributed by atoms with Crippen LogP contribution in [0.1, 0.15) is 34.3 Å². The SMILES string of the molecule is COc1ccc(C(C[N+](=O)[O-])c2c(NS(=O)(=O)c3ccc(C)cc3)n(C(C)=O)c3ccc(F)cc23)cc1. The number of anilines is 1. The van der Waals surface area contributed by atoms with Gasteiger partial charge < -0.3 is 4.74 Å². The lowest BCUT2D eigenvalue weighted by atomic mass is 9.90. The lowest BCUT2D eigenvalue weighted by molar-refractivity contribution is -0.481. The van der Waals surface area contributed by atoms with Crippen LogP contribution in [0.4, 0.5) is 10.2 Å². The third kappa shape index (κ3) is 5.17. The molecule has 4 rings (SSSR count). The maximum atomic E-state index is 14.4. The number of nitrogens with one attached hydrogen (secondary N) is 1. The van der Waals surface area contributed by atoms with Gasteiger partial charge in [-0.05, 0) is 55.0 Å². The molecule has 0 bridgehead atoms. The zero-order chi connectivity index (χ0) is 26.9. The molecule has 1 unspecified atom stereocenters. The monoisotopic (exact) mass is 525 g/mol. The number of methoxy groups -OCH3 is 1. The normalized spacial score (nSPS) is 12.3. The molecule has 11 heteroatoms. The first-order valence-electron chi connectivity index (χ1n) is 11.2. The van der Waals surface area contributed by atoms with Gasteiger partial charge in [0.1, 0.15) is 17.4 Å². The van der Waals surface area contributed by atoms with Crippen molar-refractivity contribution in [1.82, 2.24) is 4.57 Å². The van der Waals surface area contributed by atoms with Crippen molar-refractivity contribution in [3.05, 3.63) is 99.4 Å². The second kappa shape index (κ2) is 10.0. The summed E-state index contributed by atoms with van der Waals surface area (Å²) in [7, 11) is -2.75. The summed E-state index contributed by atoms with van der Waals surface area (Å²) in [4.78, 5) is 24.0. The second-order valence-electron chi connectivity index (χ2n) is 8.54. The highest BCUT2D eigenvalue weighted by atomic mass is 32.2. The topological polar surface area (TPSA) is 121 Å². The van der Waals surface area contributed by atoms with Crippen molar-refractivity contribution in [3.63, 3.8) is 0 Å². The zero-order valence-corrected chi connectivity index (χ0v) is 21.1. The summed E-state index contributed by atoms with van der Waals surface area (Å²) in [6, 6.07) is 16.2. The number of benzene rings is 3. The number of carbonyl (C=O) groups excluding carboxylic acids is 1. The molecule has 0 saturated heterocycles. The molecule has 0 amide bonds. The van der Waals surface area contributed by atoms with Crippen molar-refractivity contribution in [2.75, 3.05) is 18.4 Å². The molecule has 37 heavy (non-hydrogen) atoms. The minimum atomic E-state index is -4.23. The van der Waals surface area contributed by atoms with Crippen molar-refractivity contribution in [2.45, 2.75) is 24.7 Å². The van der Waals surface area contributed by atoms with E-state index in [1.807, 2.05) is 0 Å². The lowest BCUT2D eigenvalue weighted by Crippen LogP contribution is -2.21. The van der Waals surface area contributed by atoms with Gasteiger partial charge in [-0.15, -0.1) is 0 Å². The first-order valence-corrected chi connectivity index (χ1v) is 12.7. The van der Waals surface area contributed by atoms with Crippen LogP contribution in [0.15, 0.2) is 71.6 Å². The molecule has 0 fully saturated rings. The van der Waals surface area contributed by atoms with E-state index >= 15 is 0 Å². The number of rotatable bonds is 8. The highest BCUT2D eigenvalue weighted by Gasteiger charge is 2.32. The Morgan fingerprint density at radius 1 is 1.11 bits per heavy atom. The van der Waals surface area contributed by atoms with Gasteiger partial charge in [0.05, 0.1) is 23.4 Å². The zero-order valence-electron chi connectivity index (χ0n) is 20.3. The summed E-state index contributed by atoms with van der Waals surface area (Å²) in [5.74, 6) is -1.89. The van der Waals surface area contributed by atoms with E-state index in [-0.39, 0.29) is 27.2 Å². The fraction of sp³-hybridized carbons (Fsp3) is 0.192. The Bertz CT molecular complexity index is 1600. The number of aromatic nitrogens is 1. The van der Waals surface area contributed by atoms with Crippen molar-refractivity contribution >= 4 is 32.7 Å². The van der Waals surface area contributed by atoms with E-state index in [1.54, 1.807) is 43.3 Å². The molecule has 1 aromatic heterocycles. The van der Waals surface area contributed by atoms with Gasteiger partial charge in [-0.2, -0.15) is 0 Å². The van der Waals surface area contributed by atoms with Crippen LogP contribution in [0.3, 0.4) is 0 Å². The van der Waals surface area contributed by atoms with Crippen LogP contribution in [0.25, 0.3) is 10.9 Å². The molecule has 1 atom stereocenters. The fourth-order valence-electron chi connectivity index (χ4n) is 4.32. The van der Waals surface area contributed by atoms with Crippen LogP contribution in [0.5, 0.6) is 5.75 Å². The van der Waals surface area contributed by atoms with Gasteiger partial charge >= 0.3 is 0 Å². The summed E-state index contributed by atoms with van der Waals surface area (Å²) in [6.45, 7) is 2.40. The molecule has 4 aromatic rings. The molecule has 0 aliphatic carbocycles. The molecule has 1 N–H and O–H groups in total. The highest BCUT2D eigenvalue weighted by molar-refractivity contribution is 7.92. The standard InChI is InChI=1S/C26H24FN3O6S/c1-16-4-11-21(12-5-16)37(34,35)28-26-25(22-14-19(27)8-13-24(22)30(26)17(2)31)23(15-29(32)33)18-6-9-20(36-3)10-7-18/h4-14,23,28H,15H2,1-3H3. The average Bonchev–Trinajstić information content (AvgIpc) is 3.15. The molecular weight excluding hydrogens is 501 g/mol. The van der Waals surface area contributed by atoms with E-state index in [2.05, 4.69) is 4.72 Å². The molecule has 9 nitrogen and oxygen atoms in total. The van der Waals surface area contributed by atoms with Crippen LogP contribution in [-0.2, 0) is 10.0 Å². The predicted molar refractivity (Wildman–Crippen MR) is 137 cm³/mol. The molecule has 0 radical (unpaired) electrons. The number of nitro groups is 1. The van der Waals surface area contributed by atoms with Gasteiger partial charge in [-0.1, -0.05) is 29.8 Å². The number of hydrogen-bond acceptors (Lipinski definition) is 6. The first kappa shape index (κ1) is 25.8. The van der Waals surface area contributed by atoms with Gasteiger partial charge in [0.2, 0.25) is 12.5 Å². The molecule has 192 valence electrons. The molecule has 0 aliphatic heterocycles. The van der Waals surface area contributed by atoms with Crippen molar-refractivity contribution < 1.29 is 27.3 Å². The Balaban J connectivity index is 2.03. The Morgan fingerprint density at radius 2 is 1.76 bits per heavy atom. The van der Waals surface area contributed by atoms with Gasteiger partial charge in [0.25, 0.3) is 10.0 Å². The number of ether oxygens (including phenoxy) is 1. The third-order valence-corrected chi connectivity index (χ3v) is 7.40. The second-order valence-corrected chi connectivity index (χ2v) is 10.2. The summed E-state index contributed by atoms with van der Waals surface area (Å²) in [5, 5.41) is 11.9. The van der Waals surface area contributed by atoms with Gasteiger partial charge in [-0.25, -0.2) is 12.8 Å². The number of nitrogens with zero attached hydrogens (tertiary/aromatic N) is 2. The summed E-state index contributed by atoms with van der Waals surface area (Å²) >= 11 is 0. The minimum absolute atomic E-state index is 0.0640.